The fourth-order valence-corrected chi connectivity index (χ4v) is 3.01. The van der Waals surface area contributed by atoms with Gasteiger partial charge in [0.15, 0.2) is 0 Å². The number of halogens is 2. The minimum atomic E-state index is -0.867. The van der Waals surface area contributed by atoms with Crippen molar-refractivity contribution in [1.82, 2.24) is 4.90 Å². The molecule has 1 aromatic rings. The Morgan fingerprint density at radius 3 is 2.70 bits per heavy atom. The molecule has 1 unspecified atom stereocenters. The monoisotopic (exact) mass is 343 g/mol. The molecule has 1 heterocycles. The summed E-state index contributed by atoms with van der Waals surface area (Å²) in [4.78, 5) is 25.3. The molecule has 1 aliphatic heterocycles. The maximum absolute atomic E-state index is 13.0. The molecule has 1 aromatic carbocycles. The van der Waals surface area contributed by atoms with E-state index in [1.165, 1.54) is 23.1 Å². The van der Waals surface area contributed by atoms with Gasteiger partial charge in [0.25, 0.3) is 5.91 Å². The Morgan fingerprint density at radius 2 is 2.20 bits per heavy atom. The van der Waals surface area contributed by atoms with Gasteiger partial charge in [0.05, 0.1) is 11.0 Å². The van der Waals surface area contributed by atoms with E-state index < -0.39 is 17.2 Å². The van der Waals surface area contributed by atoms with Crippen molar-refractivity contribution in [2.45, 2.75) is 19.8 Å². The molecule has 0 aromatic heterocycles. The fourth-order valence-electron chi connectivity index (χ4n) is 2.49. The van der Waals surface area contributed by atoms with Gasteiger partial charge < -0.3 is 10.0 Å². The molecule has 20 heavy (non-hydrogen) atoms. The first-order valence-electron chi connectivity index (χ1n) is 6.37. The number of amides is 1. The topological polar surface area (TPSA) is 57.6 Å². The van der Waals surface area contributed by atoms with Crippen LogP contribution in [0.2, 0.25) is 0 Å². The summed E-state index contributed by atoms with van der Waals surface area (Å²) < 4.78 is 13.4. The Morgan fingerprint density at radius 1 is 1.50 bits per heavy atom. The van der Waals surface area contributed by atoms with E-state index >= 15 is 0 Å². The Balaban J connectivity index is 2.21. The van der Waals surface area contributed by atoms with Gasteiger partial charge in [0.1, 0.15) is 5.82 Å². The second kappa shape index (κ2) is 5.52. The Labute approximate surface area is 124 Å². The van der Waals surface area contributed by atoms with E-state index in [1.807, 2.05) is 6.92 Å². The maximum Gasteiger partial charge on any atom is 0.311 e. The molecule has 0 bridgehead atoms. The third-order valence-corrected chi connectivity index (χ3v) is 4.59. The van der Waals surface area contributed by atoms with Crippen molar-refractivity contribution in [2.75, 3.05) is 13.1 Å². The van der Waals surface area contributed by atoms with Gasteiger partial charge in [-0.15, -0.1) is 0 Å². The van der Waals surface area contributed by atoms with Crippen molar-refractivity contribution >= 4 is 27.8 Å². The van der Waals surface area contributed by atoms with Crippen LogP contribution in [0, 0.1) is 11.2 Å². The molecule has 1 fully saturated rings. The van der Waals surface area contributed by atoms with Crippen LogP contribution in [0.5, 0.6) is 0 Å². The lowest BCUT2D eigenvalue weighted by atomic mass is 9.84. The zero-order chi connectivity index (χ0) is 14.9. The van der Waals surface area contributed by atoms with Crippen LogP contribution >= 0.6 is 15.9 Å². The largest absolute Gasteiger partial charge is 0.481 e. The molecule has 1 atom stereocenters. The number of benzene rings is 1. The molecule has 2 rings (SSSR count). The summed E-state index contributed by atoms with van der Waals surface area (Å²) in [6.45, 7) is 2.42. The van der Waals surface area contributed by atoms with Crippen LogP contribution in [0.1, 0.15) is 30.1 Å². The van der Waals surface area contributed by atoms with Crippen molar-refractivity contribution in [2.24, 2.45) is 5.41 Å². The highest BCUT2D eigenvalue weighted by Crippen LogP contribution is 2.35. The molecule has 1 N–H and O–H groups in total. The van der Waals surface area contributed by atoms with Gasteiger partial charge in [0, 0.05) is 17.6 Å². The highest BCUT2D eigenvalue weighted by Gasteiger charge is 2.45. The predicted octanol–water partition coefficient (Wildman–Crippen LogP) is 2.92. The summed E-state index contributed by atoms with van der Waals surface area (Å²) in [5.41, 5.74) is -0.508. The number of likely N-dealkylation sites (tertiary alicyclic amines) is 1. The quantitative estimate of drug-likeness (QED) is 0.917. The smallest absolute Gasteiger partial charge is 0.311 e. The predicted molar refractivity (Wildman–Crippen MR) is 75.0 cm³/mol. The standard InChI is InChI=1S/C14H15BrFNO3/c1-2-14(13(19)20)5-6-17(8-14)12(18)10-4-3-9(16)7-11(10)15/h3-4,7H,2,5-6,8H2,1H3,(H,19,20). The Hall–Kier alpha value is -1.43. The van der Waals surface area contributed by atoms with Crippen LogP contribution in [-0.4, -0.2) is 35.0 Å². The van der Waals surface area contributed by atoms with Gasteiger partial charge in [0.2, 0.25) is 0 Å². The lowest BCUT2D eigenvalue weighted by Gasteiger charge is -2.23. The average Bonchev–Trinajstić information content (AvgIpc) is 2.83. The lowest BCUT2D eigenvalue weighted by molar-refractivity contribution is -0.148. The van der Waals surface area contributed by atoms with Gasteiger partial charge in [-0.25, -0.2) is 4.39 Å². The summed E-state index contributed by atoms with van der Waals surface area (Å²) in [5.74, 6) is -1.56. The number of nitrogens with zero attached hydrogens (tertiary/aromatic N) is 1. The van der Waals surface area contributed by atoms with E-state index in [0.717, 1.165) is 0 Å². The van der Waals surface area contributed by atoms with Gasteiger partial charge in [-0.1, -0.05) is 6.92 Å². The third kappa shape index (κ3) is 2.57. The molecule has 0 radical (unpaired) electrons. The molecule has 0 saturated carbocycles. The number of carboxylic acids is 1. The normalized spacial score (nSPS) is 22.1. The van der Waals surface area contributed by atoms with E-state index in [4.69, 9.17) is 0 Å². The summed E-state index contributed by atoms with van der Waals surface area (Å²) in [7, 11) is 0. The molecule has 6 heteroatoms. The van der Waals surface area contributed by atoms with Gasteiger partial charge in [-0.3, -0.25) is 9.59 Å². The summed E-state index contributed by atoms with van der Waals surface area (Å²) in [6.07, 6.45) is 0.931. The zero-order valence-electron chi connectivity index (χ0n) is 11.0. The molecular formula is C14H15BrFNO3. The number of aliphatic carboxylic acids is 1. The number of carbonyl (C=O) groups is 2. The summed E-state index contributed by atoms with van der Waals surface area (Å²) in [5, 5.41) is 9.33. The van der Waals surface area contributed by atoms with Crippen molar-refractivity contribution in [3.8, 4) is 0 Å². The van der Waals surface area contributed by atoms with Crippen LogP contribution in [-0.2, 0) is 4.79 Å². The zero-order valence-corrected chi connectivity index (χ0v) is 12.6. The first-order chi connectivity index (χ1) is 9.39. The van der Waals surface area contributed by atoms with Crippen LogP contribution in [0.4, 0.5) is 4.39 Å². The summed E-state index contributed by atoms with van der Waals surface area (Å²) >= 11 is 3.17. The molecule has 1 saturated heterocycles. The van der Waals surface area contributed by atoms with Crippen molar-refractivity contribution in [3.63, 3.8) is 0 Å². The SMILES string of the molecule is CCC1(C(=O)O)CCN(C(=O)c2ccc(F)cc2Br)C1. The number of rotatable bonds is 3. The summed E-state index contributed by atoms with van der Waals surface area (Å²) in [6, 6.07) is 3.86. The third-order valence-electron chi connectivity index (χ3n) is 3.93. The second-order valence-electron chi connectivity index (χ2n) is 5.04. The second-order valence-corrected chi connectivity index (χ2v) is 5.89. The average molecular weight is 344 g/mol. The van der Waals surface area contributed by atoms with Crippen molar-refractivity contribution in [3.05, 3.63) is 34.1 Å². The van der Waals surface area contributed by atoms with Crippen LogP contribution in [0.15, 0.2) is 22.7 Å². The van der Waals surface area contributed by atoms with E-state index in [9.17, 15) is 19.1 Å². The molecule has 1 amide bonds. The number of carboxylic acid groups (broad SMARTS) is 1. The highest BCUT2D eigenvalue weighted by molar-refractivity contribution is 9.10. The van der Waals surface area contributed by atoms with Gasteiger partial charge >= 0.3 is 5.97 Å². The van der Waals surface area contributed by atoms with Gasteiger partial charge in [-0.05, 0) is 47.0 Å². The highest BCUT2D eigenvalue weighted by atomic mass is 79.9. The lowest BCUT2D eigenvalue weighted by Crippen LogP contribution is -2.36. The van der Waals surface area contributed by atoms with Crippen LogP contribution in [0.3, 0.4) is 0 Å². The molecule has 0 aliphatic carbocycles. The van der Waals surface area contributed by atoms with Crippen molar-refractivity contribution in [1.29, 1.82) is 0 Å². The van der Waals surface area contributed by atoms with Crippen LogP contribution < -0.4 is 0 Å². The number of carbonyl (C=O) groups excluding carboxylic acids is 1. The van der Waals surface area contributed by atoms with Crippen molar-refractivity contribution < 1.29 is 19.1 Å². The first-order valence-corrected chi connectivity index (χ1v) is 7.16. The van der Waals surface area contributed by atoms with E-state index in [1.54, 1.807) is 0 Å². The molecule has 108 valence electrons. The molecular weight excluding hydrogens is 329 g/mol. The maximum atomic E-state index is 13.0. The fraction of sp³-hybridized carbons (Fsp3) is 0.429. The molecule has 4 nitrogen and oxygen atoms in total. The Bertz CT molecular complexity index is 563. The molecule has 0 spiro atoms. The van der Waals surface area contributed by atoms with Gasteiger partial charge in [-0.2, -0.15) is 0 Å². The first kappa shape index (κ1) is 15.0. The van der Waals surface area contributed by atoms with Crippen LogP contribution in [0.25, 0.3) is 0 Å². The minimum Gasteiger partial charge on any atom is -0.481 e. The Kier molecular flexibility index (Phi) is 4.13. The van der Waals surface area contributed by atoms with E-state index in [0.29, 0.717) is 29.4 Å². The number of hydrogen-bond acceptors (Lipinski definition) is 2. The minimum absolute atomic E-state index is 0.196. The number of hydrogen-bond donors (Lipinski definition) is 1. The van der Waals surface area contributed by atoms with E-state index in [2.05, 4.69) is 15.9 Å². The molecule has 1 aliphatic rings. The van der Waals surface area contributed by atoms with E-state index in [-0.39, 0.29) is 12.5 Å².